The van der Waals surface area contributed by atoms with E-state index in [0.717, 1.165) is 24.3 Å². The number of rotatable bonds is 8. The summed E-state index contributed by atoms with van der Waals surface area (Å²) in [5.74, 6) is 0. The average molecular weight is 462 g/mol. The van der Waals surface area contributed by atoms with Crippen LogP contribution in [0.4, 0.5) is 34.1 Å². The molecule has 3 rings (SSSR count). The summed E-state index contributed by atoms with van der Waals surface area (Å²) in [7, 11) is 0. The maximum absolute atomic E-state index is 11.4. The molecule has 16 nitrogen and oxygen atoms in total. The number of nitro groups is 4. The van der Waals surface area contributed by atoms with E-state index in [1.54, 1.807) is 23.9 Å². The van der Waals surface area contributed by atoms with E-state index in [0.29, 0.717) is 13.1 Å². The standard InChI is InChI=1S/C17H18N8O8/c1-17(2)20(18-13-5-3-11(22(26)27)9-15(13)24(30)31)7-8-21(17)19-14-6-4-12(23(28)29)10-16(14)25(32)33/h3-6,9-10,18-19H,7-8H2,1-2H3. The van der Waals surface area contributed by atoms with Crippen LogP contribution in [0.5, 0.6) is 0 Å². The molecule has 1 aliphatic heterocycles. The lowest BCUT2D eigenvalue weighted by atomic mass is 10.2. The third-order valence-corrected chi connectivity index (χ3v) is 5.16. The molecule has 33 heavy (non-hydrogen) atoms. The molecular formula is C17H18N8O8. The molecular weight excluding hydrogens is 444 g/mol. The van der Waals surface area contributed by atoms with Crippen molar-refractivity contribution in [3.8, 4) is 0 Å². The molecule has 16 heteroatoms. The number of nitro benzene ring substituents is 4. The highest BCUT2D eigenvalue weighted by molar-refractivity contribution is 5.66. The monoisotopic (exact) mass is 462 g/mol. The zero-order valence-electron chi connectivity index (χ0n) is 17.3. The van der Waals surface area contributed by atoms with Gasteiger partial charge >= 0.3 is 11.4 Å². The summed E-state index contributed by atoms with van der Waals surface area (Å²) in [4.78, 5) is 41.7. The van der Waals surface area contributed by atoms with Gasteiger partial charge in [0.15, 0.2) is 0 Å². The van der Waals surface area contributed by atoms with Crippen molar-refractivity contribution in [2.24, 2.45) is 0 Å². The van der Waals surface area contributed by atoms with Gasteiger partial charge in [-0.1, -0.05) is 0 Å². The molecule has 1 heterocycles. The first-order chi connectivity index (χ1) is 15.4. The Balaban J connectivity index is 1.85. The maximum Gasteiger partial charge on any atom is 0.300 e. The van der Waals surface area contributed by atoms with Gasteiger partial charge < -0.3 is 10.9 Å². The minimum Gasteiger partial charge on any atom is -0.311 e. The fourth-order valence-electron chi connectivity index (χ4n) is 3.33. The number of hydrogen-bond donors (Lipinski definition) is 2. The zero-order valence-corrected chi connectivity index (χ0v) is 17.3. The van der Waals surface area contributed by atoms with E-state index < -0.39 is 48.1 Å². The summed E-state index contributed by atoms with van der Waals surface area (Å²) in [6.07, 6.45) is 0. The molecule has 2 aromatic carbocycles. The lowest BCUT2D eigenvalue weighted by Crippen LogP contribution is -2.52. The molecule has 1 fully saturated rings. The Kier molecular flexibility index (Phi) is 6.05. The first-order valence-corrected chi connectivity index (χ1v) is 9.36. The van der Waals surface area contributed by atoms with Crippen LogP contribution in [0.25, 0.3) is 0 Å². The number of benzene rings is 2. The molecule has 0 aliphatic carbocycles. The van der Waals surface area contributed by atoms with Gasteiger partial charge in [-0.3, -0.25) is 40.5 Å². The minimum absolute atomic E-state index is 0.0295. The largest absolute Gasteiger partial charge is 0.311 e. The van der Waals surface area contributed by atoms with Crippen LogP contribution in [0.1, 0.15) is 13.8 Å². The van der Waals surface area contributed by atoms with Crippen LogP contribution in [-0.2, 0) is 0 Å². The van der Waals surface area contributed by atoms with Crippen LogP contribution < -0.4 is 10.9 Å². The molecule has 0 radical (unpaired) electrons. The molecule has 0 bridgehead atoms. The lowest BCUT2D eigenvalue weighted by Gasteiger charge is -2.38. The van der Waals surface area contributed by atoms with Crippen molar-refractivity contribution in [1.29, 1.82) is 0 Å². The molecule has 174 valence electrons. The van der Waals surface area contributed by atoms with Gasteiger partial charge in [0.25, 0.3) is 11.4 Å². The van der Waals surface area contributed by atoms with E-state index in [1.807, 2.05) is 0 Å². The van der Waals surface area contributed by atoms with Crippen molar-refractivity contribution < 1.29 is 19.7 Å². The third kappa shape index (κ3) is 4.60. The van der Waals surface area contributed by atoms with Crippen molar-refractivity contribution in [2.75, 3.05) is 23.9 Å². The highest BCUT2D eigenvalue weighted by Gasteiger charge is 2.41. The molecule has 1 saturated heterocycles. The lowest BCUT2D eigenvalue weighted by molar-refractivity contribution is -0.393. The van der Waals surface area contributed by atoms with Crippen LogP contribution in [0.2, 0.25) is 0 Å². The normalized spacial score (nSPS) is 15.7. The minimum atomic E-state index is -0.898. The number of anilines is 2. The first kappa shape index (κ1) is 23.2. The second-order valence-electron chi connectivity index (χ2n) is 7.45. The van der Waals surface area contributed by atoms with Gasteiger partial charge in [0.2, 0.25) is 0 Å². The topological polar surface area (TPSA) is 203 Å². The average Bonchev–Trinajstić information content (AvgIpc) is 3.01. The fraction of sp³-hybridized carbons (Fsp3) is 0.294. The number of hydrazine groups is 2. The van der Waals surface area contributed by atoms with Crippen LogP contribution in [0.3, 0.4) is 0 Å². The Hall–Kier alpha value is -4.44. The highest BCUT2D eigenvalue weighted by atomic mass is 16.6. The molecule has 1 aliphatic rings. The predicted octanol–water partition coefficient (Wildman–Crippen LogP) is 3.03. The van der Waals surface area contributed by atoms with E-state index >= 15 is 0 Å². The van der Waals surface area contributed by atoms with Gasteiger partial charge in [-0.25, -0.2) is 10.0 Å². The Labute approximate surface area is 184 Å². The van der Waals surface area contributed by atoms with Crippen LogP contribution in [0, 0.1) is 40.5 Å². The quantitative estimate of drug-likeness (QED) is 0.429. The molecule has 2 aromatic rings. The van der Waals surface area contributed by atoms with Gasteiger partial charge in [0.05, 0.1) is 31.8 Å². The summed E-state index contributed by atoms with van der Waals surface area (Å²) in [5, 5.41) is 47.9. The van der Waals surface area contributed by atoms with Crippen molar-refractivity contribution in [2.45, 2.75) is 19.5 Å². The highest BCUT2D eigenvalue weighted by Crippen LogP contribution is 2.35. The molecule has 0 aromatic heterocycles. The Morgan fingerprint density at radius 2 is 1.06 bits per heavy atom. The number of nitrogens with one attached hydrogen (secondary N) is 2. The third-order valence-electron chi connectivity index (χ3n) is 5.16. The van der Waals surface area contributed by atoms with Gasteiger partial charge in [0.1, 0.15) is 17.0 Å². The van der Waals surface area contributed by atoms with Gasteiger partial charge in [-0.15, -0.1) is 0 Å². The smallest absolute Gasteiger partial charge is 0.300 e. The van der Waals surface area contributed by atoms with Crippen LogP contribution in [0.15, 0.2) is 36.4 Å². The zero-order chi connectivity index (χ0) is 24.5. The van der Waals surface area contributed by atoms with Gasteiger partial charge in [-0.2, -0.15) is 0 Å². The molecule has 0 amide bonds. The van der Waals surface area contributed by atoms with E-state index in [-0.39, 0.29) is 11.4 Å². The van der Waals surface area contributed by atoms with Crippen molar-refractivity contribution >= 4 is 34.1 Å². The van der Waals surface area contributed by atoms with E-state index in [4.69, 9.17) is 0 Å². The van der Waals surface area contributed by atoms with E-state index in [9.17, 15) is 40.5 Å². The summed E-state index contributed by atoms with van der Waals surface area (Å²) in [6, 6.07) is 6.42. The second-order valence-corrected chi connectivity index (χ2v) is 7.45. The van der Waals surface area contributed by atoms with Gasteiger partial charge in [-0.05, 0) is 26.0 Å². The molecule has 2 N–H and O–H groups in total. The first-order valence-electron chi connectivity index (χ1n) is 9.36. The van der Waals surface area contributed by atoms with Crippen LogP contribution in [-0.4, -0.2) is 48.5 Å². The molecule has 0 saturated carbocycles. The van der Waals surface area contributed by atoms with E-state index in [2.05, 4.69) is 10.9 Å². The van der Waals surface area contributed by atoms with Gasteiger partial charge in [0, 0.05) is 25.2 Å². The molecule has 0 unspecified atom stereocenters. The molecule has 0 spiro atoms. The summed E-state index contributed by atoms with van der Waals surface area (Å²) < 4.78 is 0. The summed E-state index contributed by atoms with van der Waals surface area (Å²) in [5.41, 5.74) is 3.10. The summed E-state index contributed by atoms with van der Waals surface area (Å²) >= 11 is 0. The number of hydrogen-bond acceptors (Lipinski definition) is 12. The van der Waals surface area contributed by atoms with Crippen molar-refractivity contribution in [3.05, 3.63) is 76.9 Å². The predicted molar refractivity (Wildman–Crippen MR) is 114 cm³/mol. The number of nitrogens with zero attached hydrogens (tertiary/aromatic N) is 6. The Morgan fingerprint density at radius 1 is 0.697 bits per heavy atom. The van der Waals surface area contributed by atoms with Crippen molar-refractivity contribution in [1.82, 2.24) is 10.0 Å². The Morgan fingerprint density at radius 3 is 1.36 bits per heavy atom. The second kappa shape index (κ2) is 8.60. The summed E-state index contributed by atoms with van der Waals surface area (Å²) in [6.45, 7) is 4.09. The maximum atomic E-state index is 11.4. The van der Waals surface area contributed by atoms with Crippen molar-refractivity contribution in [3.63, 3.8) is 0 Å². The molecule has 0 atom stereocenters. The fourth-order valence-corrected chi connectivity index (χ4v) is 3.33. The SMILES string of the molecule is CC1(C)N(Nc2ccc([N+](=O)[O-])cc2[N+](=O)[O-])CCN1Nc1ccc([N+](=O)[O-])cc1[N+](=O)[O-]. The van der Waals surface area contributed by atoms with Crippen LogP contribution >= 0.6 is 0 Å². The Bertz CT molecular complexity index is 1070. The number of non-ortho nitro benzene ring substituents is 2. The van der Waals surface area contributed by atoms with E-state index in [1.165, 1.54) is 12.1 Å².